The molecule has 21 heavy (non-hydrogen) atoms. The highest BCUT2D eigenvalue weighted by Gasteiger charge is 2.31. The van der Waals surface area contributed by atoms with E-state index in [-0.39, 0.29) is 5.82 Å². The van der Waals surface area contributed by atoms with Crippen molar-refractivity contribution in [3.05, 3.63) is 36.0 Å². The molecule has 0 fully saturated rings. The van der Waals surface area contributed by atoms with E-state index in [2.05, 4.69) is 5.10 Å². The number of rotatable bonds is 2. The van der Waals surface area contributed by atoms with Gasteiger partial charge in [-0.1, -0.05) is 12.1 Å². The predicted molar refractivity (Wildman–Crippen MR) is 83.0 cm³/mol. The number of hydrogen-bond acceptors (Lipinski definition) is 3. The topological polar surface area (TPSA) is 84.4 Å². The molecule has 0 atom stereocenters. The van der Waals surface area contributed by atoms with Gasteiger partial charge in [0.1, 0.15) is 5.69 Å². The lowest BCUT2D eigenvalue weighted by Crippen LogP contribution is -2.45. The van der Waals surface area contributed by atoms with Crippen molar-refractivity contribution < 1.29 is 9.90 Å². The summed E-state index contributed by atoms with van der Waals surface area (Å²) in [6.07, 6.45) is 0.585. The van der Waals surface area contributed by atoms with E-state index in [4.69, 9.17) is 5.73 Å². The van der Waals surface area contributed by atoms with Crippen LogP contribution >= 0.6 is 0 Å². The SMILES string of the molecule is Cc1cccc(-n2cc(N(C(=O)O)C(C)(C)C)c(N)n2)c1. The molecule has 0 bridgehead atoms. The molecule has 0 spiro atoms. The van der Waals surface area contributed by atoms with Crippen molar-refractivity contribution in [2.75, 3.05) is 10.6 Å². The normalized spacial score (nSPS) is 11.4. The Bertz CT molecular complexity index is 671. The van der Waals surface area contributed by atoms with Crippen LogP contribution in [0.1, 0.15) is 26.3 Å². The van der Waals surface area contributed by atoms with Crippen molar-refractivity contribution in [3.63, 3.8) is 0 Å². The Kier molecular flexibility index (Phi) is 3.63. The quantitative estimate of drug-likeness (QED) is 0.889. The lowest BCUT2D eigenvalue weighted by atomic mass is 10.1. The Morgan fingerprint density at radius 3 is 2.57 bits per heavy atom. The van der Waals surface area contributed by atoms with Crippen LogP contribution in [-0.2, 0) is 0 Å². The van der Waals surface area contributed by atoms with Crippen LogP contribution in [0.15, 0.2) is 30.5 Å². The lowest BCUT2D eigenvalue weighted by Gasteiger charge is -2.32. The molecule has 0 aliphatic heterocycles. The van der Waals surface area contributed by atoms with E-state index in [0.29, 0.717) is 5.69 Å². The Balaban J connectivity index is 2.50. The molecule has 0 saturated carbocycles. The van der Waals surface area contributed by atoms with Crippen LogP contribution in [0.5, 0.6) is 0 Å². The summed E-state index contributed by atoms with van der Waals surface area (Å²) in [5, 5.41) is 13.7. The second kappa shape index (κ2) is 5.12. The van der Waals surface area contributed by atoms with Gasteiger partial charge in [-0.2, -0.15) is 0 Å². The Morgan fingerprint density at radius 2 is 2.05 bits per heavy atom. The fourth-order valence-corrected chi connectivity index (χ4v) is 2.20. The second-order valence-electron chi connectivity index (χ2n) is 5.97. The predicted octanol–water partition coefficient (Wildman–Crippen LogP) is 3.05. The third kappa shape index (κ3) is 2.99. The number of nitrogen functional groups attached to an aromatic ring is 1. The van der Waals surface area contributed by atoms with E-state index in [1.165, 1.54) is 4.90 Å². The molecule has 0 unspecified atom stereocenters. The molecule has 1 aromatic carbocycles. The first-order valence-corrected chi connectivity index (χ1v) is 6.65. The molecular weight excluding hydrogens is 268 g/mol. The summed E-state index contributed by atoms with van der Waals surface area (Å²) in [4.78, 5) is 12.8. The standard InChI is InChI=1S/C15H20N4O2/c1-10-6-5-7-11(8-10)18-9-12(13(16)17-18)19(14(20)21)15(2,3)4/h5-9H,1-4H3,(H2,16,17)(H,20,21). The van der Waals surface area contributed by atoms with E-state index in [1.807, 2.05) is 52.0 Å². The Hall–Kier alpha value is -2.50. The summed E-state index contributed by atoms with van der Waals surface area (Å²) in [7, 11) is 0. The summed E-state index contributed by atoms with van der Waals surface area (Å²) in [5.41, 5.74) is 7.62. The summed E-state index contributed by atoms with van der Waals surface area (Å²) in [6.45, 7) is 7.41. The summed E-state index contributed by atoms with van der Waals surface area (Å²) in [5.74, 6) is 0.189. The van der Waals surface area contributed by atoms with Crippen molar-refractivity contribution in [1.29, 1.82) is 0 Å². The van der Waals surface area contributed by atoms with Crippen molar-refractivity contribution in [3.8, 4) is 5.69 Å². The van der Waals surface area contributed by atoms with Gasteiger partial charge in [0.25, 0.3) is 0 Å². The molecule has 0 radical (unpaired) electrons. The number of nitrogens with two attached hydrogens (primary N) is 1. The number of carbonyl (C=O) groups is 1. The molecule has 6 heteroatoms. The fourth-order valence-electron chi connectivity index (χ4n) is 2.20. The molecule has 3 N–H and O–H groups in total. The van der Waals surface area contributed by atoms with Gasteiger partial charge in [0.15, 0.2) is 5.82 Å². The van der Waals surface area contributed by atoms with Gasteiger partial charge in [0.2, 0.25) is 0 Å². The molecule has 1 amide bonds. The second-order valence-corrected chi connectivity index (χ2v) is 5.97. The van der Waals surface area contributed by atoms with Gasteiger partial charge in [-0.3, -0.25) is 4.90 Å². The number of carboxylic acid groups (broad SMARTS) is 1. The zero-order valence-corrected chi connectivity index (χ0v) is 12.7. The van der Waals surface area contributed by atoms with Crippen LogP contribution in [0.3, 0.4) is 0 Å². The van der Waals surface area contributed by atoms with Crippen molar-refractivity contribution in [2.24, 2.45) is 0 Å². The maximum atomic E-state index is 11.5. The Labute approximate surface area is 123 Å². The highest BCUT2D eigenvalue weighted by molar-refractivity contribution is 5.90. The van der Waals surface area contributed by atoms with Gasteiger partial charge >= 0.3 is 6.09 Å². The molecule has 1 aromatic heterocycles. The van der Waals surface area contributed by atoms with Gasteiger partial charge in [-0.15, -0.1) is 5.10 Å². The Morgan fingerprint density at radius 1 is 1.38 bits per heavy atom. The van der Waals surface area contributed by atoms with Crippen molar-refractivity contribution >= 4 is 17.6 Å². The molecule has 112 valence electrons. The smallest absolute Gasteiger partial charge is 0.412 e. The van der Waals surface area contributed by atoms with Crippen LogP contribution < -0.4 is 10.6 Å². The van der Waals surface area contributed by atoms with Gasteiger partial charge in [-0.25, -0.2) is 9.48 Å². The van der Waals surface area contributed by atoms with Crippen LogP contribution in [0.4, 0.5) is 16.3 Å². The first kappa shape index (κ1) is 14.9. The summed E-state index contributed by atoms with van der Waals surface area (Å²) >= 11 is 0. The van der Waals surface area contributed by atoms with Gasteiger partial charge in [0, 0.05) is 5.54 Å². The number of anilines is 2. The summed E-state index contributed by atoms with van der Waals surface area (Å²) in [6, 6.07) is 7.75. The third-order valence-electron chi connectivity index (χ3n) is 3.09. The van der Waals surface area contributed by atoms with Crippen molar-refractivity contribution in [1.82, 2.24) is 9.78 Å². The number of aryl methyl sites for hydroxylation is 1. The highest BCUT2D eigenvalue weighted by atomic mass is 16.4. The minimum absolute atomic E-state index is 0.189. The van der Waals surface area contributed by atoms with Gasteiger partial charge in [0.05, 0.1) is 11.9 Å². The summed E-state index contributed by atoms with van der Waals surface area (Å²) < 4.78 is 1.60. The minimum Gasteiger partial charge on any atom is -0.465 e. The van der Waals surface area contributed by atoms with E-state index < -0.39 is 11.6 Å². The first-order chi connectivity index (χ1) is 9.70. The minimum atomic E-state index is -1.06. The van der Waals surface area contributed by atoms with E-state index in [1.54, 1.807) is 10.9 Å². The zero-order chi connectivity index (χ0) is 15.8. The lowest BCUT2D eigenvalue weighted by molar-refractivity contribution is 0.195. The number of benzene rings is 1. The molecule has 0 aliphatic carbocycles. The van der Waals surface area contributed by atoms with E-state index in [9.17, 15) is 9.90 Å². The molecule has 0 aliphatic rings. The molecule has 6 nitrogen and oxygen atoms in total. The highest BCUT2D eigenvalue weighted by Crippen LogP contribution is 2.29. The van der Waals surface area contributed by atoms with E-state index in [0.717, 1.165) is 11.3 Å². The molecule has 2 aromatic rings. The van der Waals surface area contributed by atoms with Gasteiger partial charge < -0.3 is 10.8 Å². The monoisotopic (exact) mass is 288 g/mol. The van der Waals surface area contributed by atoms with Gasteiger partial charge in [-0.05, 0) is 45.4 Å². The number of aromatic nitrogens is 2. The third-order valence-corrected chi connectivity index (χ3v) is 3.09. The zero-order valence-electron chi connectivity index (χ0n) is 12.7. The maximum Gasteiger partial charge on any atom is 0.412 e. The molecule has 2 rings (SSSR count). The first-order valence-electron chi connectivity index (χ1n) is 6.65. The number of hydrogen-bond donors (Lipinski definition) is 2. The van der Waals surface area contributed by atoms with Crippen LogP contribution in [0.25, 0.3) is 5.69 Å². The fraction of sp³-hybridized carbons (Fsp3) is 0.333. The van der Waals surface area contributed by atoms with Crippen LogP contribution in [-0.4, -0.2) is 26.5 Å². The number of amides is 1. The van der Waals surface area contributed by atoms with Crippen LogP contribution in [0, 0.1) is 6.92 Å². The van der Waals surface area contributed by atoms with Crippen molar-refractivity contribution in [2.45, 2.75) is 33.2 Å². The number of nitrogens with zero attached hydrogens (tertiary/aromatic N) is 3. The molecule has 1 heterocycles. The molecule has 0 saturated heterocycles. The average Bonchev–Trinajstić information content (AvgIpc) is 2.69. The average molecular weight is 288 g/mol. The maximum absolute atomic E-state index is 11.5. The largest absolute Gasteiger partial charge is 0.465 e. The van der Waals surface area contributed by atoms with E-state index >= 15 is 0 Å². The van der Waals surface area contributed by atoms with Crippen LogP contribution in [0.2, 0.25) is 0 Å². The molecular formula is C15H20N4O2.